The molecule has 0 fully saturated rings. The summed E-state index contributed by atoms with van der Waals surface area (Å²) in [6.45, 7) is 0. The van der Waals surface area contributed by atoms with Crippen LogP contribution in [-0.4, -0.2) is 9.48 Å². The Balaban J connectivity index is 2.09. The van der Waals surface area contributed by atoms with Gasteiger partial charge in [0.15, 0.2) is 5.75 Å². The summed E-state index contributed by atoms with van der Waals surface area (Å²) in [6, 6.07) is 19.5. The standard InChI is InChI=1S/C15H11NOS/c17-14-13(11-7-3-1-4-8-11)16-18-15(14)12-9-5-2-6-10-12/h1-10,17H. The smallest absolute Gasteiger partial charge is 0.162 e. The van der Waals surface area contributed by atoms with Crippen molar-refractivity contribution in [1.29, 1.82) is 0 Å². The Morgan fingerprint density at radius 1 is 0.778 bits per heavy atom. The van der Waals surface area contributed by atoms with Crippen LogP contribution in [0.15, 0.2) is 60.7 Å². The van der Waals surface area contributed by atoms with Gasteiger partial charge in [0.05, 0.1) is 4.88 Å². The van der Waals surface area contributed by atoms with Crippen LogP contribution < -0.4 is 0 Å². The van der Waals surface area contributed by atoms with Crippen molar-refractivity contribution in [1.82, 2.24) is 4.37 Å². The van der Waals surface area contributed by atoms with Crippen molar-refractivity contribution in [3.63, 3.8) is 0 Å². The molecule has 2 aromatic carbocycles. The third-order valence-corrected chi connectivity index (χ3v) is 3.64. The first-order valence-corrected chi connectivity index (χ1v) is 6.43. The monoisotopic (exact) mass is 253 g/mol. The summed E-state index contributed by atoms with van der Waals surface area (Å²) < 4.78 is 4.35. The first kappa shape index (κ1) is 11.0. The van der Waals surface area contributed by atoms with Crippen molar-refractivity contribution in [3.05, 3.63) is 60.7 Å². The summed E-state index contributed by atoms with van der Waals surface area (Å²) in [5.74, 6) is 0.261. The molecule has 88 valence electrons. The molecule has 0 unspecified atom stereocenters. The minimum Gasteiger partial charge on any atom is -0.504 e. The molecule has 0 aliphatic heterocycles. The van der Waals surface area contributed by atoms with E-state index in [4.69, 9.17) is 0 Å². The van der Waals surface area contributed by atoms with Crippen LogP contribution in [0.3, 0.4) is 0 Å². The van der Waals surface area contributed by atoms with Gasteiger partial charge in [-0.05, 0) is 17.1 Å². The Labute approximate surface area is 109 Å². The molecule has 0 atom stereocenters. The minimum atomic E-state index is 0.261. The van der Waals surface area contributed by atoms with Gasteiger partial charge in [-0.15, -0.1) is 0 Å². The molecule has 1 aromatic heterocycles. The van der Waals surface area contributed by atoms with E-state index in [1.54, 1.807) is 0 Å². The third-order valence-electron chi connectivity index (χ3n) is 2.75. The van der Waals surface area contributed by atoms with Gasteiger partial charge in [-0.25, -0.2) is 0 Å². The Bertz CT molecular complexity index is 590. The second kappa shape index (κ2) is 4.63. The van der Waals surface area contributed by atoms with Gasteiger partial charge in [-0.3, -0.25) is 0 Å². The van der Waals surface area contributed by atoms with Gasteiger partial charge in [0.1, 0.15) is 5.69 Å². The van der Waals surface area contributed by atoms with Gasteiger partial charge in [0, 0.05) is 5.56 Å². The van der Waals surface area contributed by atoms with Gasteiger partial charge in [-0.1, -0.05) is 60.7 Å². The first-order valence-electron chi connectivity index (χ1n) is 5.66. The predicted molar refractivity (Wildman–Crippen MR) is 74.7 cm³/mol. The molecule has 0 saturated heterocycles. The molecule has 0 saturated carbocycles. The lowest BCUT2D eigenvalue weighted by molar-refractivity contribution is 0.480. The van der Waals surface area contributed by atoms with Crippen molar-refractivity contribution in [2.24, 2.45) is 0 Å². The van der Waals surface area contributed by atoms with E-state index in [2.05, 4.69) is 4.37 Å². The number of aromatic nitrogens is 1. The maximum absolute atomic E-state index is 10.3. The Hall–Kier alpha value is -2.13. The van der Waals surface area contributed by atoms with E-state index in [9.17, 15) is 5.11 Å². The quantitative estimate of drug-likeness (QED) is 0.743. The highest BCUT2D eigenvalue weighted by molar-refractivity contribution is 7.10. The van der Waals surface area contributed by atoms with Gasteiger partial charge in [-0.2, -0.15) is 4.37 Å². The molecular weight excluding hydrogens is 242 g/mol. The summed E-state index contributed by atoms with van der Waals surface area (Å²) in [7, 11) is 0. The van der Waals surface area contributed by atoms with Gasteiger partial charge < -0.3 is 5.11 Å². The second-order valence-electron chi connectivity index (χ2n) is 3.94. The highest BCUT2D eigenvalue weighted by Gasteiger charge is 2.15. The van der Waals surface area contributed by atoms with Crippen LogP contribution in [0, 0.1) is 0 Å². The fraction of sp³-hybridized carbons (Fsp3) is 0. The molecule has 2 nitrogen and oxygen atoms in total. The molecule has 0 bridgehead atoms. The zero-order valence-corrected chi connectivity index (χ0v) is 10.4. The highest BCUT2D eigenvalue weighted by Crippen LogP contribution is 2.40. The maximum atomic E-state index is 10.3. The van der Waals surface area contributed by atoms with Crippen LogP contribution in [0.1, 0.15) is 0 Å². The molecule has 3 aromatic rings. The number of hydrogen-bond donors (Lipinski definition) is 1. The third kappa shape index (κ3) is 1.89. The molecule has 0 radical (unpaired) electrons. The van der Waals surface area contributed by atoms with Gasteiger partial charge in [0.2, 0.25) is 0 Å². The average Bonchev–Trinajstić information content (AvgIpc) is 2.83. The summed E-state index contributed by atoms with van der Waals surface area (Å²) >= 11 is 1.32. The van der Waals surface area contributed by atoms with Crippen molar-refractivity contribution >= 4 is 11.5 Å². The Morgan fingerprint density at radius 2 is 1.33 bits per heavy atom. The van der Waals surface area contributed by atoms with Crippen LogP contribution in [-0.2, 0) is 0 Å². The number of hydrogen-bond acceptors (Lipinski definition) is 3. The van der Waals surface area contributed by atoms with E-state index in [0.29, 0.717) is 5.69 Å². The second-order valence-corrected chi connectivity index (χ2v) is 4.71. The molecule has 0 aliphatic rings. The van der Waals surface area contributed by atoms with Gasteiger partial charge in [0.25, 0.3) is 0 Å². The van der Waals surface area contributed by atoms with E-state index in [0.717, 1.165) is 16.0 Å². The SMILES string of the molecule is Oc1c(-c2ccccc2)nsc1-c1ccccc1. The zero-order valence-electron chi connectivity index (χ0n) is 9.58. The largest absolute Gasteiger partial charge is 0.504 e. The van der Waals surface area contributed by atoms with E-state index in [-0.39, 0.29) is 5.75 Å². The fourth-order valence-electron chi connectivity index (χ4n) is 1.85. The molecule has 18 heavy (non-hydrogen) atoms. The number of rotatable bonds is 2. The van der Waals surface area contributed by atoms with E-state index < -0.39 is 0 Å². The normalized spacial score (nSPS) is 10.4. The van der Waals surface area contributed by atoms with Crippen molar-refractivity contribution in [2.45, 2.75) is 0 Å². The number of aromatic hydroxyl groups is 1. The Morgan fingerprint density at radius 3 is 1.94 bits per heavy atom. The molecule has 3 heteroatoms. The molecule has 0 amide bonds. The first-order chi connectivity index (χ1) is 8.86. The van der Waals surface area contributed by atoms with E-state index >= 15 is 0 Å². The van der Waals surface area contributed by atoms with E-state index in [1.807, 2.05) is 60.7 Å². The fourth-order valence-corrected chi connectivity index (χ4v) is 2.65. The summed E-state index contributed by atoms with van der Waals surface area (Å²) in [4.78, 5) is 0.814. The van der Waals surface area contributed by atoms with Crippen LogP contribution >= 0.6 is 11.5 Å². The van der Waals surface area contributed by atoms with Crippen LogP contribution in [0.25, 0.3) is 21.7 Å². The van der Waals surface area contributed by atoms with Crippen molar-refractivity contribution < 1.29 is 5.11 Å². The average molecular weight is 253 g/mol. The highest BCUT2D eigenvalue weighted by atomic mass is 32.1. The van der Waals surface area contributed by atoms with Crippen molar-refractivity contribution in [2.75, 3.05) is 0 Å². The van der Waals surface area contributed by atoms with Gasteiger partial charge >= 0.3 is 0 Å². The lowest BCUT2D eigenvalue weighted by atomic mass is 10.1. The summed E-state index contributed by atoms with van der Waals surface area (Å²) in [5.41, 5.74) is 2.59. The topological polar surface area (TPSA) is 33.1 Å². The lowest BCUT2D eigenvalue weighted by Crippen LogP contribution is -1.77. The molecule has 0 aliphatic carbocycles. The lowest BCUT2D eigenvalue weighted by Gasteiger charge is -1.99. The van der Waals surface area contributed by atoms with Crippen molar-refractivity contribution in [3.8, 4) is 27.4 Å². The molecule has 1 N–H and O–H groups in total. The molecule has 3 rings (SSSR count). The summed E-state index contributed by atoms with van der Waals surface area (Å²) in [5, 5.41) is 10.3. The molecule has 0 spiro atoms. The van der Waals surface area contributed by atoms with Crippen LogP contribution in [0.5, 0.6) is 5.75 Å². The zero-order chi connectivity index (χ0) is 12.4. The van der Waals surface area contributed by atoms with Crippen LogP contribution in [0.4, 0.5) is 0 Å². The maximum Gasteiger partial charge on any atom is 0.162 e. The van der Waals surface area contributed by atoms with E-state index in [1.165, 1.54) is 11.5 Å². The number of nitrogens with zero attached hydrogens (tertiary/aromatic N) is 1. The Kier molecular flexibility index (Phi) is 2.82. The predicted octanol–water partition coefficient (Wildman–Crippen LogP) is 4.18. The minimum absolute atomic E-state index is 0.261. The summed E-state index contributed by atoms with van der Waals surface area (Å²) in [6.07, 6.45) is 0. The molecule has 1 heterocycles. The van der Waals surface area contributed by atoms with Crippen LogP contribution in [0.2, 0.25) is 0 Å². The molecular formula is C15H11NOS. The number of benzene rings is 2.